The zero-order chi connectivity index (χ0) is 25.1. The van der Waals surface area contributed by atoms with E-state index in [0.29, 0.717) is 30.4 Å². The third-order valence-corrected chi connectivity index (χ3v) is 6.68. The van der Waals surface area contributed by atoms with Crippen LogP contribution in [0.3, 0.4) is 0 Å². The van der Waals surface area contributed by atoms with Crippen LogP contribution >= 0.6 is 11.6 Å². The highest BCUT2D eigenvalue weighted by atomic mass is 35.5. The van der Waals surface area contributed by atoms with Gasteiger partial charge in [-0.1, -0.05) is 54.1 Å². The van der Waals surface area contributed by atoms with Crippen molar-refractivity contribution in [2.75, 3.05) is 25.6 Å². The van der Waals surface area contributed by atoms with Gasteiger partial charge < -0.3 is 25.0 Å². The smallest absolute Gasteiger partial charge is 0.254 e. The van der Waals surface area contributed by atoms with Crippen LogP contribution in [0, 0.1) is 0 Å². The number of H-pyrrole nitrogens is 1. The van der Waals surface area contributed by atoms with Crippen molar-refractivity contribution in [1.82, 2.24) is 14.9 Å². The number of nitrogens with one attached hydrogen (secondary N) is 2. The van der Waals surface area contributed by atoms with Crippen LogP contribution in [-0.4, -0.2) is 52.2 Å². The summed E-state index contributed by atoms with van der Waals surface area (Å²) in [5.41, 5.74) is 6.86. The van der Waals surface area contributed by atoms with Crippen molar-refractivity contribution in [3.63, 3.8) is 0 Å². The van der Waals surface area contributed by atoms with Crippen LogP contribution in [0.5, 0.6) is 0 Å². The van der Waals surface area contributed by atoms with E-state index in [1.54, 1.807) is 4.90 Å². The molecule has 1 atom stereocenters. The number of rotatable bonds is 7. The first kappa shape index (κ1) is 24.1. The number of hydrogen-bond donors (Lipinski definition) is 3. The minimum absolute atomic E-state index is 0.00873. The summed E-state index contributed by atoms with van der Waals surface area (Å²) in [6.07, 6.45) is 1.35. The minimum Gasteiger partial charge on any atom is -0.381 e. The number of amides is 1. The van der Waals surface area contributed by atoms with Crippen molar-refractivity contribution >= 4 is 28.9 Å². The number of nitrogens with zero attached hydrogens (tertiary/aromatic N) is 2. The lowest BCUT2D eigenvalue weighted by atomic mass is 9.97. The van der Waals surface area contributed by atoms with Crippen LogP contribution < -0.4 is 5.32 Å². The van der Waals surface area contributed by atoms with Gasteiger partial charge in [-0.3, -0.25) is 4.79 Å². The molecule has 8 heteroatoms. The van der Waals surface area contributed by atoms with Crippen molar-refractivity contribution in [2.45, 2.75) is 19.1 Å². The van der Waals surface area contributed by atoms with Gasteiger partial charge in [0, 0.05) is 37.1 Å². The Morgan fingerprint density at radius 3 is 2.83 bits per heavy atom. The third-order valence-electron chi connectivity index (χ3n) is 6.35. The molecule has 7 nitrogen and oxygen atoms in total. The van der Waals surface area contributed by atoms with Gasteiger partial charge in [0.25, 0.3) is 5.91 Å². The first-order valence-electron chi connectivity index (χ1n) is 11.8. The van der Waals surface area contributed by atoms with E-state index in [0.717, 1.165) is 39.3 Å². The Labute approximate surface area is 214 Å². The lowest BCUT2D eigenvalue weighted by molar-refractivity contribution is -0.143. The first-order chi connectivity index (χ1) is 17.5. The molecular weight excluding hydrogens is 476 g/mol. The average Bonchev–Trinajstić information content (AvgIpc) is 3.40. The van der Waals surface area contributed by atoms with Gasteiger partial charge >= 0.3 is 0 Å². The standard InChI is InChI=1S/C28H27ClN4O3/c1-36-17-26(34)28(35)33-13-12-21-19(16-33)8-5-9-24(21)31-20-10-11-23(29)22(14-20)27-30-15-25(32-27)18-6-3-2-4-7-18/h2-11,14-15,26,31,34H,12-13,16-17H2,1H3,(H,30,32). The number of fused-ring (bicyclic) bond motifs is 1. The second-order valence-corrected chi connectivity index (χ2v) is 9.16. The second kappa shape index (κ2) is 10.5. The Bertz CT molecular complexity index is 1370. The Balaban J connectivity index is 1.37. The molecule has 1 unspecified atom stereocenters. The lowest BCUT2D eigenvalue weighted by Gasteiger charge is -2.31. The Kier molecular flexibility index (Phi) is 7.04. The zero-order valence-corrected chi connectivity index (χ0v) is 20.6. The number of benzene rings is 3. The molecule has 1 aliphatic rings. The van der Waals surface area contributed by atoms with Gasteiger partial charge in [-0.05, 0) is 47.4 Å². The summed E-state index contributed by atoms with van der Waals surface area (Å²) < 4.78 is 4.92. The van der Waals surface area contributed by atoms with Crippen LogP contribution in [0.4, 0.5) is 11.4 Å². The Morgan fingerprint density at radius 1 is 1.19 bits per heavy atom. The van der Waals surface area contributed by atoms with E-state index in [-0.39, 0.29) is 12.5 Å². The summed E-state index contributed by atoms with van der Waals surface area (Å²) >= 11 is 6.54. The number of imidazole rings is 1. The van der Waals surface area contributed by atoms with E-state index in [4.69, 9.17) is 16.3 Å². The molecule has 4 aromatic rings. The Morgan fingerprint density at radius 2 is 2.03 bits per heavy atom. The van der Waals surface area contributed by atoms with E-state index in [1.807, 2.05) is 72.9 Å². The van der Waals surface area contributed by atoms with Crippen LogP contribution in [0.2, 0.25) is 5.02 Å². The molecule has 1 aliphatic heterocycles. The van der Waals surface area contributed by atoms with Gasteiger partial charge in [0.2, 0.25) is 0 Å². The quantitative estimate of drug-likeness (QED) is 0.329. The number of carbonyl (C=O) groups is 1. The van der Waals surface area contributed by atoms with Gasteiger partial charge in [-0.25, -0.2) is 4.98 Å². The molecule has 2 heterocycles. The van der Waals surface area contributed by atoms with Crippen molar-refractivity contribution in [3.05, 3.63) is 89.1 Å². The molecule has 1 aromatic heterocycles. The first-order valence-corrected chi connectivity index (χ1v) is 12.1. The number of hydrogen-bond acceptors (Lipinski definition) is 5. The normalized spacial score (nSPS) is 13.8. The molecule has 3 N–H and O–H groups in total. The second-order valence-electron chi connectivity index (χ2n) is 8.76. The molecule has 36 heavy (non-hydrogen) atoms. The summed E-state index contributed by atoms with van der Waals surface area (Å²) in [5.74, 6) is 0.387. The number of halogens is 1. The van der Waals surface area contributed by atoms with Crippen molar-refractivity contribution < 1.29 is 14.6 Å². The lowest BCUT2D eigenvalue weighted by Crippen LogP contribution is -2.43. The molecule has 0 radical (unpaired) electrons. The van der Waals surface area contributed by atoms with Crippen molar-refractivity contribution in [3.8, 4) is 22.6 Å². The molecule has 0 fully saturated rings. The molecule has 0 saturated carbocycles. The fraction of sp³-hybridized carbons (Fsp3) is 0.214. The van der Waals surface area contributed by atoms with E-state index >= 15 is 0 Å². The number of aromatic nitrogens is 2. The molecule has 0 bridgehead atoms. The predicted octanol–water partition coefficient (Wildman–Crippen LogP) is 5.03. The minimum atomic E-state index is -1.14. The number of aliphatic hydroxyl groups excluding tert-OH is 1. The number of carbonyl (C=O) groups excluding carboxylic acids is 1. The maximum absolute atomic E-state index is 12.5. The topological polar surface area (TPSA) is 90.5 Å². The molecule has 5 rings (SSSR count). The zero-order valence-electron chi connectivity index (χ0n) is 19.9. The van der Waals surface area contributed by atoms with Gasteiger partial charge in [0.1, 0.15) is 5.82 Å². The summed E-state index contributed by atoms with van der Waals surface area (Å²) in [6, 6.07) is 21.8. The van der Waals surface area contributed by atoms with E-state index in [2.05, 4.69) is 15.3 Å². The maximum Gasteiger partial charge on any atom is 0.254 e. The Hall–Kier alpha value is -3.65. The van der Waals surface area contributed by atoms with Gasteiger partial charge in [0.05, 0.1) is 23.5 Å². The monoisotopic (exact) mass is 502 g/mol. The maximum atomic E-state index is 12.5. The molecule has 0 spiro atoms. The summed E-state index contributed by atoms with van der Waals surface area (Å²) in [4.78, 5) is 22.1. The number of aliphatic hydroxyl groups is 1. The molecule has 1 amide bonds. The highest BCUT2D eigenvalue weighted by molar-refractivity contribution is 6.33. The van der Waals surface area contributed by atoms with Gasteiger partial charge in [-0.15, -0.1) is 0 Å². The number of anilines is 2. The van der Waals surface area contributed by atoms with E-state index < -0.39 is 6.10 Å². The van der Waals surface area contributed by atoms with Crippen molar-refractivity contribution in [1.29, 1.82) is 0 Å². The fourth-order valence-electron chi connectivity index (χ4n) is 4.52. The highest BCUT2D eigenvalue weighted by Crippen LogP contribution is 2.33. The molecule has 0 saturated heterocycles. The van der Waals surface area contributed by atoms with E-state index in [1.165, 1.54) is 7.11 Å². The molecular formula is C28H27ClN4O3. The summed E-state index contributed by atoms with van der Waals surface area (Å²) in [7, 11) is 1.47. The average molecular weight is 503 g/mol. The number of ether oxygens (including phenoxy) is 1. The van der Waals surface area contributed by atoms with Gasteiger partial charge in [-0.2, -0.15) is 0 Å². The number of aromatic amines is 1. The summed E-state index contributed by atoms with van der Waals surface area (Å²) in [6.45, 7) is 0.974. The van der Waals surface area contributed by atoms with Crippen LogP contribution in [-0.2, 0) is 22.5 Å². The molecule has 3 aromatic carbocycles. The third kappa shape index (κ3) is 4.99. The van der Waals surface area contributed by atoms with Crippen molar-refractivity contribution in [2.24, 2.45) is 0 Å². The van der Waals surface area contributed by atoms with Crippen LogP contribution in [0.25, 0.3) is 22.6 Å². The predicted molar refractivity (Wildman–Crippen MR) is 141 cm³/mol. The van der Waals surface area contributed by atoms with Crippen LogP contribution in [0.15, 0.2) is 72.9 Å². The van der Waals surface area contributed by atoms with Crippen LogP contribution in [0.1, 0.15) is 11.1 Å². The molecule has 184 valence electrons. The largest absolute Gasteiger partial charge is 0.381 e. The number of methoxy groups -OCH3 is 1. The van der Waals surface area contributed by atoms with Gasteiger partial charge in [0.15, 0.2) is 6.10 Å². The highest BCUT2D eigenvalue weighted by Gasteiger charge is 2.27. The summed E-state index contributed by atoms with van der Waals surface area (Å²) in [5, 5.41) is 14.2. The molecule has 0 aliphatic carbocycles. The van der Waals surface area contributed by atoms with E-state index in [9.17, 15) is 9.90 Å². The fourth-order valence-corrected chi connectivity index (χ4v) is 4.72. The SMILES string of the molecule is COCC(O)C(=O)N1CCc2c(cccc2Nc2ccc(Cl)c(-c3ncc(-c4ccccc4)[nH]3)c2)C1.